The van der Waals surface area contributed by atoms with Crippen molar-refractivity contribution in [3.05, 3.63) is 53.1 Å². The summed E-state index contributed by atoms with van der Waals surface area (Å²) < 4.78 is 10.3. The van der Waals surface area contributed by atoms with E-state index in [9.17, 15) is 4.79 Å². The third-order valence-corrected chi connectivity index (χ3v) is 4.08. The van der Waals surface area contributed by atoms with Crippen molar-refractivity contribution in [2.24, 2.45) is 0 Å². The highest BCUT2D eigenvalue weighted by atomic mass is 35.5. The molecular formula is C19H22ClNO3. The molecule has 0 fully saturated rings. The summed E-state index contributed by atoms with van der Waals surface area (Å²) in [7, 11) is 3.18. The molecule has 0 bridgehead atoms. The quantitative estimate of drug-likeness (QED) is 0.721. The van der Waals surface area contributed by atoms with Crippen LogP contribution in [0.25, 0.3) is 0 Å². The normalized spacial score (nSPS) is 10.3. The van der Waals surface area contributed by atoms with Gasteiger partial charge in [0.15, 0.2) is 0 Å². The molecule has 128 valence electrons. The summed E-state index contributed by atoms with van der Waals surface area (Å²) in [6.07, 6.45) is 1.90. The monoisotopic (exact) mass is 347 g/mol. The summed E-state index contributed by atoms with van der Waals surface area (Å²) in [4.78, 5) is 14.7. The molecule has 0 aromatic heterocycles. The molecule has 4 nitrogen and oxygen atoms in total. The van der Waals surface area contributed by atoms with Crippen molar-refractivity contribution in [3.63, 3.8) is 0 Å². The van der Waals surface area contributed by atoms with Crippen LogP contribution in [0.3, 0.4) is 0 Å². The van der Waals surface area contributed by atoms with Gasteiger partial charge in [-0.1, -0.05) is 24.9 Å². The zero-order valence-electron chi connectivity index (χ0n) is 14.2. The number of nitrogens with zero attached hydrogens (tertiary/aromatic N) is 1. The smallest absolute Gasteiger partial charge is 0.259 e. The third-order valence-electron chi connectivity index (χ3n) is 3.77. The lowest BCUT2D eigenvalue weighted by Gasteiger charge is -2.23. The van der Waals surface area contributed by atoms with Gasteiger partial charge in [0.1, 0.15) is 11.5 Å². The molecule has 0 aliphatic carbocycles. The number of rotatable bonds is 7. The van der Waals surface area contributed by atoms with E-state index in [4.69, 9.17) is 21.1 Å². The number of methoxy groups -OCH3 is 2. The predicted molar refractivity (Wildman–Crippen MR) is 97.6 cm³/mol. The van der Waals surface area contributed by atoms with Crippen LogP contribution in [0.4, 0.5) is 5.69 Å². The molecule has 0 aliphatic rings. The van der Waals surface area contributed by atoms with E-state index in [0.29, 0.717) is 22.9 Å². The summed E-state index contributed by atoms with van der Waals surface area (Å²) in [5, 5.41) is 0.384. The van der Waals surface area contributed by atoms with Crippen molar-refractivity contribution < 1.29 is 14.3 Å². The van der Waals surface area contributed by atoms with Gasteiger partial charge in [-0.2, -0.15) is 0 Å². The lowest BCUT2D eigenvalue weighted by Crippen LogP contribution is -2.32. The number of carbonyl (C=O) groups excluding carboxylic acids is 1. The van der Waals surface area contributed by atoms with Gasteiger partial charge in [0, 0.05) is 12.2 Å². The van der Waals surface area contributed by atoms with Crippen molar-refractivity contribution >= 4 is 23.2 Å². The molecule has 0 spiro atoms. The SMILES string of the molecule is CCCCN(C(=O)c1ccc(OC)cc1Cl)c1ccc(OC)cc1. The van der Waals surface area contributed by atoms with E-state index < -0.39 is 0 Å². The number of amides is 1. The molecule has 1 amide bonds. The van der Waals surface area contributed by atoms with Crippen molar-refractivity contribution in [1.82, 2.24) is 0 Å². The topological polar surface area (TPSA) is 38.8 Å². The molecule has 0 saturated carbocycles. The van der Waals surface area contributed by atoms with Gasteiger partial charge in [-0.15, -0.1) is 0 Å². The van der Waals surface area contributed by atoms with Crippen molar-refractivity contribution in [2.45, 2.75) is 19.8 Å². The standard InChI is InChI=1S/C19H22ClNO3/c1-4-5-12-21(14-6-8-15(23-2)9-7-14)19(22)17-11-10-16(24-3)13-18(17)20/h6-11,13H,4-5,12H2,1-3H3. The number of ether oxygens (including phenoxy) is 2. The van der Waals surface area contributed by atoms with Crippen LogP contribution < -0.4 is 14.4 Å². The molecule has 0 aliphatic heterocycles. The van der Waals surface area contributed by atoms with Gasteiger partial charge >= 0.3 is 0 Å². The summed E-state index contributed by atoms with van der Waals surface area (Å²) in [5.74, 6) is 1.26. The van der Waals surface area contributed by atoms with Crippen molar-refractivity contribution in [2.75, 3.05) is 25.7 Å². The summed E-state index contributed by atoms with van der Waals surface area (Å²) >= 11 is 6.27. The van der Waals surface area contributed by atoms with E-state index >= 15 is 0 Å². The van der Waals surface area contributed by atoms with E-state index in [0.717, 1.165) is 24.3 Å². The van der Waals surface area contributed by atoms with Crippen molar-refractivity contribution in [1.29, 1.82) is 0 Å². The highest BCUT2D eigenvalue weighted by Gasteiger charge is 2.20. The summed E-state index contributed by atoms with van der Waals surface area (Å²) in [5.41, 5.74) is 1.28. The molecule has 0 N–H and O–H groups in total. The Kier molecular flexibility index (Phi) is 6.50. The number of halogens is 1. The Morgan fingerprint density at radius 2 is 1.67 bits per heavy atom. The fraction of sp³-hybridized carbons (Fsp3) is 0.316. The van der Waals surface area contributed by atoms with E-state index in [1.807, 2.05) is 24.3 Å². The Balaban J connectivity index is 2.33. The number of hydrogen-bond donors (Lipinski definition) is 0. The number of carbonyl (C=O) groups is 1. The van der Waals surface area contributed by atoms with Gasteiger partial charge < -0.3 is 14.4 Å². The van der Waals surface area contributed by atoms with E-state index in [1.54, 1.807) is 37.3 Å². The van der Waals surface area contributed by atoms with Crippen molar-refractivity contribution in [3.8, 4) is 11.5 Å². The minimum Gasteiger partial charge on any atom is -0.497 e. The molecule has 2 rings (SSSR count). The molecule has 5 heteroatoms. The minimum absolute atomic E-state index is 0.124. The molecule has 0 atom stereocenters. The lowest BCUT2D eigenvalue weighted by atomic mass is 10.1. The highest BCUT2D eigenvalue weighted by molar-refractivity contribution is 6.34. The first-order valence-electron chi connectivity index (χ1n) is 7.90. The third kappa shape index (κ3) is 4.20. The molecule has 0 radical (unpaired) electrons. The Hall–Kier alpha value is -2.20. The maximum Gasteiger partial charge on any atom is 0.259 e. The molecule has 0 heterocycles. The van der Waals surface area contributed by atoms with Crippen LogP contribution in [0.15, 0.2) is 42.5 Å². The Labute approximate surface area is 147 Å². The first-order chi connectivity index (χ1) is 11.6. The van der Waals surface area contributed by atoms with Crippen LogP contribution in [-0.4, -0.2) is 26.7 Å². The van der Waals surface area contributed by atoms with Crippen LogP contribution in [0, 0.1) is 0 Å². The number of anilines is 1. The largest absolute Gasteiger partial charge is 0.497 e. The predicted octanol–water partition coefficient (Wildman–Crippen LogP) is 4.80. The van der Waals surface area contributed by atoms with Gasteiger partial charge in [0.2, 0.25) is 0 Å². The second-order valence-corrected chi connectivity index (χ2v) is 5.76. The summed E-state index contributed by atoms with van der Waals surface area (Å²) in [6, 6.07) is 12.5. The van der Waals surface area contributed by atoms with Gasteiger partial charge in [0.25, 0.3) is 5.91 Å². The minimum atomic E-state index is -0.124. The summed E-state index contributed by atoms with van der Waals surface area (Å²) in [6.45, 7) is 2.72. The van der Waals surface area contributed by atoms with Gasteiger partial charge in [-0.05, 0) is 48.9 Å². The van der Waals surface area contributed by atoms with E-state index in [2.05, 4.69) is 6.92 Å². The average molecular weight is 348 g/mol. The second-order valence-electron chi connectivity index (χ2n) is 5.35. The van der Waals surface area contributed by atoms with Gasteiger partial charge in [0.05, 0.1) is 24.8 Å². The fourth-order valence-corrected chi connectivity index (χ4v) is 2.62. The average Bonchev–Trinajstić information content (AvgIpc) is 2.62. The fourth-order valence-electron chi connectivity index (χ4n) is 2.37. The van der Waals surface area contributed by atoms with Crippen LogP contribution in [0.2, 0.25) is 5.02 Å². The molecule has 2 aromatic carbocycles. The zero-order chi connectivity index (χ0) is 17.5. The van der Waals surface area contributed by atoms with Crippen LogP contribution in [-0.2, 0) is 0 Å². The Bertz CT molecular complexity index is 686. The van der Waals surface area contributed by atoms with E-state index in [1.165, 1.54) is 0 Å². The van der Waals surface area contributed by atoms with Crippen LogP contribution in [0.1, 0.15) is 30.1 Å². The molecule has 0 saturated heterocycles. The van der Waals surface area contributed by atoms with E-state index in [-0.39, 0.29) is 5.91 Å². The Morgan fingerprint density at radius 1 is 1.04 bits per heavy atom. The molecule has 24 heavy (non-hydrogen) atoms. The maximum absolute atomic E-state index is 13.0. The first-order valence-corrected chi connectivity index (χ1v) is 8.28. The lowest BCUT2D eigenvalue weighted by molar-refractivity contribution is 0.0986. The number of hydrogen-bond acceptors (Lipinski definition) is 3. The second kappa shape index (κ2) is 8.60. The Morgan fingerprint density at radius 3 is 2.21 bits per heavy atom. The molecular weight excluding hydrogens is 326 g/mol. The maximum atomic E-state index is 13.0. The molecule has 0 unspecified atom stereocenters. The van der Waals surface area contributed by atoms with Gasteiger partial charge in [-0.25, -0.2) is 0 Å². The van der Waals surface area contributed by atoms with Gasteiger partial charge in [-0.3, -0.25) is 4.79 Å². The molecule has 2 aromatic rings. The highest BCUT2D eigenvalue weighted by Crippen LogP contribution is 2.27. The van der Waals surface area contributed by atoms with Crippen LogP contribution in [0.5, 0.6) is 11.5 Å². The zero-order valence-corrected chi connectivity index (χ0v) is 15.0. The number of benzene rings is 2. The number of unbranched alkanes of at least 4 members (excludes halogenated alkanes) is 1. The van der Waals surface area contributed by atoms with Crippen LogP contribution >= 0.6 is 11.6 Å². The first kappa shape index (κ1) is 18.1.